The van der Waals surface area contributed by atoms with Crippen LogP contribution in [0.1, 0.15) is 19.4 Å². The number of nitrogens with zero attached hydrogens (tertiary/aromatic N) is 2. The lowest BCUT2D eigenvalue weighted by Gasteiger charge is -2.32. The summed E-state index contributed by atoms with van der Waals surface area (Å²) in [6.07, 6.45) is 0.526. The summed E-state index contributed by atoms with van der Waals surface area (Å²) in [5.41, 5.74) is 1.36. The molecule has 0 fully saturated rings. The third kappa shape index (κ3) is 6.95. The molecule has 0 saturated heterocycles. The second kappa shape index (κ2) is 12.7. The molecule has 190 valence electrons. The summed E-state index contributed by atoms with van der Waals surface area (Å²) in [6.45, 7) is 3.70. The highest BCUT2D eigenvalue weighted by Gasteiger charge is 2.32. The van der Waals surface area contributed by atoms with E-state index in [2.05, 4.69) is 21.2 Å². The fraction of sp³-hybridized carbons (Fsp3) is 0.259. The third-order valence-corrected chi connectivity index (χ3v) is 7.99. The minimum atomic E-state index is -4.06. The first-order valence-corrected chi connectivity index (χ1v) is 13.9. The fourth-order valence-electron chi connectivity index (χ4n) is 3.77. The number of carbonyl (C=O) groups is 2. The molecule has 9 heteroatoms. The summed E-state index contributed by atoms with van der Waals surface area (Å²) >= 11 is 3.39. The largest absolute Gasteiger partial charge is 0.355 e. The zero-order chi connectivity index (χ0) is 26.1. The van der Waals surface area contributed by atoms with Gasteiger partial charge in [-0.05, 0) is 56.2 Å². The Morgan fingerprint density at radius 2 is 1.58 bits per heavy atom. The van der Waals surface area contributed by atoms with Gasteiger partial charge < -0.3 is 10.2 Å². The number of sulfonamides is 1. The number of benzene rings is 3. The minimum absolute atomic E-state index is 0.0744. The first-order chi connectivity index (χ1) is 17.2. The normalized spacial score (nSPS) is 12.0. The van der Waals surface area contributed by atoms with E-state index in [-0.39, 0.29) is 17.3 Å². The van der Waals surface area contributed by atoms with E-state index in [4.69, 9.17) is 0 Å². The van der Waals surface area contributed by atoms with E-state index in [1.807, 2.05) is 37.3 Å². The molecule has 0 bridgehead atoms. The van der Waals surface area contributed by atoms with E-state index >= 15 is 0 Å². The number of halogens is 1. The highest BCUT2D eigenvalue weighted by Crippen LogP contribution is 2.26. The summed E-state index contributed by atoms with van der Waals surface area (Å²) in [5.74, 6) is -0.761. The Morgan fingerprint density at radius 1 is 0.944 bits per heavy atom. The van der Waals surface area contributed by atoms with Gasteiger partial charge in [-0.2, -0.15) is 0 Å². The molecule has 3 aromatic carbocycles. The monoisotopic (exact) mass is 571 g/mol. The van der Waals surface area contributed by atoms with Gasteiger partial charge in [0.1, 0.15) is 12.6 Å². The number of hydrogen-bond acceptors (Lipinski definition) is 4. The molecule has 36 heavy (non-hydrogen) atoms. The van der Waals surface area contributed by atoms with Gasteiger partial charge in [-0.15, -0.1) is 0 Å². The fourth-order valence-corrected chi connectivity index (χ4v) is 5.59. The molecule has 1 atom stereocenters. The van der Waals surface area contributed by atoms with E-state index in [9.17, 15) is 18.0 Å². The van der Waals surface area contributed by atoms with Crippen molar-refractivity contribution in [1.82, 2.24) is 10.2 Å². The van der Waals surface area contributed by atoms with Gasteiger partial charge in [-0.25, -0.2) is 8.42 Å². The number of likely N-dealkylation sites (N-methyl/N-ethyl adjacent to an activating group) is 1. The van der Waals surface area contributed by atoms with Crippen molar-refractivity contribution in [3.63, 3.8) is 0 Å². The smallest absolute Gasteiger partial charge is 0.264 e. The Hall–Kier alpha value is -3.17. The van der Waals surface area contributed by atoms with Gasteiger partial charge in [-0.1, -0.05) is 70.5 Å². The minimum Gasteiger partial charge on any atom is -0.355 e. The maximum atomic E-state index is 13.7. The van der Waals surface area contributed by atoms with Crippen LogP contribution in [0.4, 0.5) is 5.69 Å². The number of anilines is 1. The zero-order valence-corrected chi connectivity index (χ0v) is 22.7. The van der Waals surface area contributed by atoms with Crippen LogP contribution in [0.2, 0.25) is 0 Å². The van der Waals surface area contributed by atoms with Crippen LogP contribution in [-0.2, 0) is 26.0 Å². The number of amides is 2. The Labute approximate surface area is 221 Å². The quantitative estimate of drug-likeness (QED) is 0.373. The first-order valence-electron chi connectivity index (χ1n) is 11.7. The number of carbonyl (C=O) groups excluding carboxylic acids is 2. The van der Waals surface area contributed by atoms with Crippen molar-refractivity contribution < 1.29 is 18.0 Å². The third-order valence-electron chi connectivity index (χ3n) is 5.71. The second-order valence-electron chi connectivity index (χ2n) is 8.20. The SMILES string of the molecule is CCNC(=O)C(C)N(CCc1ccccc1)C(=O)CN(c1cccc(Br)c1)S(=O)(=O)c1ccccc1. The average molecular weight is 573 g/mol. The molecule has 0 aromatic heterocycles. The van der Waals surface area contributed by atoms with Crippen LogP contribution in [0.25, 0.3) is 0 Å². The van der Waals surface area contributed by atoms with Crippen LogP contribution in [0, 0.1) is 0 Å². The van der Waals surface area contributed by atoms with Crippen LogP contribution in [0.5, 0.6) is 0 Å². The summed E-state index contributed by atoms with van der Waals surface area (Å²) in [4.78, 5) is 27.9. The van der Waals surface area contributed by atoms with Crippen molar-refractivity contribution in [1.29, 1.82) is 0 Å². The Morgan fingerprint density at radius 3 is 2.19 bits per heavy atom. The lowest BCUT2D eigenvalue weighted by atomic mass is 10.1. The highest BCUT2D eigenvalue weighted by atomic mass is 79.9. The Kier molecular flexibility index (Phi) is 9.66. The maximum Gasteiger partial charge on any atom is 0.264 e. The highest BCUT2D eigenvalue weighted by molar-refractivity contribution is 9.10. The van der Waals surface area contributed by atoms with Crippen molar-refractivity contribution in [2.45, 2.75) is 31.2 Å². The molecule has 3 rings (SSSR count). The number of hydrogen-bond donors (Lipinski definition) is 1. The maximum absolute atomic E-state index is 13.7. The molecule has 0 aliphatic heterocycles. The van der Waals surface area contributed by atoms with Crippen LogP contribution in [0.3, 0.4) is 0 Å². The van der Waals surface area contributed by atoms with Crippen molar-refractivity contribution in [2.24, 2.45) is 0 Å². The summed E-state index contributed by atoms with van der Waals surface area (Å²) in [7, 11) is -4.06. The molecule has 0 radical (unpaired) electrons. The van der Waals surface area contributed by atoms with Gasteiger partial charge >= 0.3 is 0 Å². The summed E-state index contributed by atoms with van der Waals surface area (Å²) < 4.78 is 29.1. The van der Waals surface area contributed by atoms with Crippen molar-refractivity contribution in [3.05, 3.63) is 95.0 Å². The number of rotatable bonds is 11. The van der Waals surface area contributed by atoms with Gasteiger partial charge in [0.05, 0.1) is 10.6 Å². The van der Waals surface area contributed by atoms with E-state index in [0.717, 1.165) is 9.87 Å². The molecule has 7 nitrogen and oxygen atoms in total. The second-order valence-corrected chi connectivity index (χ2v) is 11.0. The van der Waals surface area contributed by atoms with E-state index in [1.54, 1.807) is 49.4 Å². The van der Waals surface area contributed by atoms with E-state index in [1.165, 1.54) is 17.0 Å². The zero-order valence-electron chi connectivity index (χ0n) is 20.3. The molecule has 0 aliphatic carbocycles. The number of nitrogens with one attached hydrogen (secondary N) is 1. The van der Waals surface area contributed by atoms with Crippen molar-refractivity contribution in [2.75, 3.05) is 23.9 Å². The molecule has 0 aliphatic rings. The molecular weight excluding hydrogens is 542 g/mol. The Bertz CT molecular complexity index is 1270. The van der Waals surface area contributed by atoms with Crippen LogP contribution in [-0.4, -0.2) is 50.8 Å². The lowest BCUT2D eigenvalue weighted by Crippen LogP contribution is -2.52. The van der Waals surface area contributed by atoms with Crippen LogP contribution >= 0.6 is 15.9 Å². The molecule has 0 spiro atoms. The first kappa shape index (κ1) is 27.4. The van der Waals surface area contributed by atoms with Crippen molar-refractivity contribution >= 4 is 43.5 Å². The topological polar surface area (TPSA) is 86.8 Å². The van der Waals surface area contributed by atoms with Gasteiger partial charge in [0, 0.05) is 17.6 Å². The molecule has 1 unspecified atom stereocenters. The van der Waals surface area contributed by atoms with Gasteiger partial charge in [0.2, 0.25) is 11.8 Å². The van der Waals surface area contributed by atoms with Gasteiger partial charge in [0.15, 0.2) is 0 Å². The molecule has 1 N–H and O–H groups in total. The van der Waals surface area contributed by atoms with Crippen LogP contribution in [0.15, 0.2) is 94.3 Å². The molecule has 0 heterocycles. The molecule has 0 saturated carbocycles. The standard InChI is InChI=1S/C27H30BrN3O4S/c1-3-29-27(33)21(2)30(18-17-22-11-6-4-7-12-22)26(32)20-31(24-14-10-13-23(28)19-24)36(34,35)25-15-8-5-9-16-25/h4-16,19,21H,3,17-18,20H2,1-2H3,(H,29,33). The van der Waals surface area contributed by atoms with Crippen molar-refractivity contribution in [3.8, 4) is 0 Å². The lowest BCUT2D eigenvalue weighted by molar-refractivity contribution is -0.138. The molecular formula is C27H30BrN3O4S. The Balaban J connectivity index is 1.96. The van der Waals surface area contributed by atoms with Gasteiger partial charge in [-0.3, -0.25) is 13.9 Å². The predicted molar refractivity (Wildman–Crippen MR) is 145 cm³/mol. The summed E-state index contributed by atoms with van der Waals surface area (Å²) in [6, 6.07) is 23.6. The molecule has 2 amide bonds. The van der Waals surface area contributed by atoms with E-state index < -0.39 is 28.5 Å². The van der Waals surface area contributed by atoms with Gasteiger partial charge in [0.25, 0.3) is 10.0 Å². The van der Waals surface area contributed by atoms with E-state index in [0.29, 0.717) is 23.1 Å². The molecule has 3 aromatic rings. The summed E-state index contributed by atoms with van der Waals surface area (Å²) in [5, 5.41) is 2.76. The average Bonchev–Trinajstić information content (AvgIpc) is 2.88. The van der Waals surface area contributed by atoms with Crippen LogP contribution < -0.4 is 9.62 Å². The predicted octanol–water partition coefficient (Wildman–Crippen LogP) is 4.24.